The van der Waals surface area contributed by atoms with Crippen LogP contribution in [-0.2, 0) is 13.2 Å². The van der Waals surface area contributed by atoms with E-state index in [1.54, 1.807) is 6.92 Å². The Morgan fingerprint density at radius 2 is 1.90 bits per heavy atom. The second-order valence-corrected chi connectivity index (χ2v) is 7.56. The second-order valence-electron chi connectivity index (χ2n) is 7.56. The minimum absolute atomic E-state index is 0.120. The van der Waals surface area contributed by atoms with Gasteiger partial charge >= 0.3 is 0 Å². The second kappa shape index (κ2) is 8.51. The molecule has 0 bridgehead atoms. The lowest BCUT2D eigenvalue weighted by atomic mass is 10.1. The van der Waals surface area contributed by atoms with Crippen LogP contribution in [0.25, 0.3) is 0 Å². The molecule has 1 N–H and O–H groups in total. The molecule has 29 heavy (non-hydrogen) atoms. The van der Waals surface area contributed by atoms with Gasteiger partial charge in [0.25, 0.3) is 5.91 Å². The molecular formula is C22H28N4O3. The van der Waals surface area contributed by atoms with Gasteiger partial charge in [-0.2, -0.15) is 5.10 Å². The van der Waals surface area contributed by atoms with Crippen LogP contribution in [0, 0.1) is 34.6 Å². The predicted molar refractivity (Wildman–Crippen MR) is 110 cm³/mol. The van der Waals surface area contributed by atoms with Gasteiger partial charge in [0.05, 0.1) is 17.8 Å². The normalized spacial score (nSPS) is 12.1. The first-order valence-electron chi connectivity index (χ1n) is 9.72. The van der Waals surface area contributed by atoms with Crippen molar-refractivity contribution in [2.24, 2.45) is 0 Å². The van der Waals surface area contributed by atoms with Gasteiger partial charge in [0.2, 0.25) is 0 Å². The van der Waals surface area contributed by atoms with Gasteiger partial charge in [0, 0.05) is 11.7 Å². The van der Waals surface area contributed by atoms with Crippen molar-refractivity contribution >= 4 is 5.91 Å². The number of para-hydroxylation sites is 1. The third-order valence-corrected chi connectivity index (χ3v) is 4.90. The van der Waals surface area contributed by atoms with Crippen LogP contribution in [0.3, 0.4) is 0 Å². The lowest BCUT2D eigenvalue weighted by molar-refractivity contribution is 0.0924. The van der Waals surface area contributed by atoms with E-state index in [-0.39, 0.29) is 24.2 Å². The van der Waals surface area contributed by atoms with E-state index in [0.717, 1.165) is 28.3 Å². The maximum Gasteiger partial charge on any atom is 0.274 e. The summed E-state index contributed by atoms with van der Waals surface area (Å²) in [4.78, 5) is 12.8. The molecule has 0 saturated heterocycles. The number of ether oxygens (including phenoxy) is 1. The van der Waals surface area contributed by atoms with Crippen LogP contribution in [0.2, 0.25) is 0 Å². The van der Waals surface area contributed by atoms with Crippen molar-refractivity contribution in [2.45, 2.75) is 60.7 Å². The Labute approximate surface area is 171 Å². The molecule has 3 rings (SSSR count). The number of nitrogens with one attached hydrogen (secondary N) is 1. The van der Waals surface area contributed by atoms with Gasteiger partial charge in [0.15, 0.2) is 5.69 Å². The summed E-state index contributed by atoms with van der Waals surface area (Å²) in [7, 11) is 0. The third kappa shape index (κ3) is 4.67. The van der Waals surface area contributed by atoms with E-state index in [9.17, 15) is 4.79 Å². The van der Waals surface area contributed by atoms with Crippen LogP contribution < -0.4 is 10.1 Å². The third-order valence-electron chi connectivity index (χ3n) is 4.90. The fraction of sp³-hybridized carbons (Fsp3) is 0.409. The molecule has 2 aromatic heterocycles. The average Bonchev–Trinajstić information content (AvgIpc) is 3.16. The topological polar surface area (TPSA) is 82.2 Å². The Balaban J connectivity index is 1.69. The minimum Gasteiger partial charge on any atom is -0.488 e. The van der Waals surface area contributed by atoms with Gasteiger partial charge < -0.3 is 14.6 Å². The molecule has 2 heterocycles. The van der Waals surface area contributed by atoms with Crippen LogP contribution in [0.4, 0.5) is 0 Å². The van der Waals surface area contributed by atoms with Crippen molar-refractivity contribution in [3.63, 3.8) is 0 Å². The molecule has 0 aliphatic heterocycles. The zero-order valence-corrected chi connectivity index (χ0v) is 17.9. The van der Waals surface area contributed by atoms with E-state index in [1.165, 1.54) is 0 Å². The standard InChI is InChI=1S/C22H28N4O3/c1-13-8-7-9-14(2)21(13)28-12-19-18(6)29-25-20(19)22(27)23-16(4)11-26-17(5)10-15(3)24-26/h7-10,16H,11-12H2,1-6H3,(H,23,27). The fourth-order valence-electron chi connectivity index (χ4n) is 3.37. The van der Waals surface area contributed by atoms with E-state index in [4.69, 9.17) is 9.26 Å². The minimum atomic E-state index is -0.281. The Bertz CT molecular complexity index is 999. The van der Waals surface area contributed by atoms with Crippen molar-refractivity contribution in [1.82, 2.24) is 20.3 Å². The van der Waals surface area contributed by atoms with Gasteiger partial charge in [0.1, 0.15) is 18.1 Å². The lowest BCUT2D eigenvalue weighted by Crippen LogP contribution is -2.36. The van der Waals surface area contributed by atoms with Crippen LogP contribution in [0.5, 0.6) is 5.75 Å². The van der Waals surface area contributed by atoms with E-state index in [0.29, 0.717) is 17.9 Å². The average molecular weight is 396 g/mol. The molecule has 0 aliphatic rings. The molecule has 0 spiro atoms. The first-order valence-corrected chi connectivity index (χ1v) is 9.72. The molecule has 1 unspecified atom stereocenters. The Hall–Kier alpha value is -3.09. The van der Waals surface area contributed by atoms with Crippen molar-refractivity contribution in [1.29, 1.82) is 0 Å². The largest absolute Gasteiger partial charge is 0.488 e. The molecule has 154 valence electrons. The molecule has 0 saturated carbocycles. The summed E-state index contributed by atoms with van der Waals surface area (Å²) in [5.41, 5.74) is 5.02. The van der Waals surface area contributed by atoms with Crippen LogP contribution >= 0.6 is 0 Å². The maximum absolute atomic E-state index is 12.8. The Morgan fingerprint density at radius 1 is 1.21 bits per heavy atom. The molecule has 0 radical (unpaired) electrons. The smallest absolute Gasteiger partial charge is 0.274 e. The van der Waals surface area contributed by atoms with Gasteiger partial charge in [-0.3, -0.25) is 9.48 Å². The first kappa shape index (κ1) is 20.6. The fourth-order valence-corrected chi connectivity index (χ4v) is 3.37. The highest BCUT2D eigenvalue weighted by Crippen LogP contribution is 2.25. The highest BCUT2D eigenvalue weighted by molar-refractivity contribution is 5.93. The van der Waals surface area contributed by atoms with E-state index in [2.05, 4.69) is 15.6 Å². The lowest BCUT2D eigenvalue weighted by Gasteiger charge is -2.15. The maximum atomic E-state index is 12.8. The number of carbonyl (C=O) groups excluding carboxylic acids is 1. The number of carbonyl (C=O) groups is 1. The van der Waals surface area contributed by atoms with E-state index < -0.39 is 0 Å². The number of hydrogen-bond acceptors (Lipinski definition) is 5. The number of hydrogen-bond donors (Lipinski definition) is 1. The highest BCUT2D eigenvalue weighted by Gasteiger charge is 2.22. The quantitative estimate of drug-likeness (QED) is 0.657. The van der Waals surface area contributed by atoms with Gasteiger partial charge in [-0.25, -0.2) is 0 Å². The van der Waals surface area contributed by atoms with Crippen molar-refractivity contribution in [3.8, 4) is 5.75 Å². The summed E-state index contributed by atoms with van der Waals surface area (Å²) in [5, 5.41) is 11.4. The Morgan fingerprint density at radius 3 is 2.52 bits per heavy atom. The highest BCUT2D eigenvalue weighted by atomic mass is 16.5. The SMILES string of the molecule is Cc1cc(C)n(CC(C)NC(=O)c2noc(C)c2COc2c(C)cccc2C)n1. The summed E-state index contributed by atoms with van der Waals surface area (Å²) in [5.74, 6) is 1.11. The van der Waals surface area contributed by atoms with Crippen molar-refractivity contribution in [2.75, 3.05) is 0 Å². The number of aryl methyl sites for hydroxylation is 5. The molecule has 1 amide bonds. The molecule has 7 nitrogen and oxygen atoms in total. The number of nitrogens with zero attached hydrogens (tertiary/aromatic N) is 3. The number of benzene rings is 1. The van der Waals surface area contributed by atoms with Gasteiger partial charge in [-0.1, -0.05) is 23.4 Å². The number of aromatic nitrogens is 3. The summed E-state index contributed by atoms with van der Waals surface area (Å²) in [6.07, 6.45) is 0. The molecule has 1 aromatic carbocycles. The van der Waals surface area contributed by atoms with Crippen LogP contribution in [0.1, 0.15) is 51.3 Å². The molecule has 0 fully saturated rings. The molecule has 7 heteroatoms. The summed E-state index contributed by atoms with van der Waals surface area (Å²) in [6, 6.07) is 7.88. The molecule has 3 aromatic rings. The van der Waals surface area contributed by atoms with Gasteiger partial charge in [-0.15, -0.1) is 0 Å². The van der Waals surface area contributed by atoms with Crippen LogP contribution in [-0.4, -0.2) is 26.9 Å². The summed E-state index contributed by atoms with van der Waals surface area (Å²) in [6.45, 7) is 12.5. The number of rotatable bonds is 7. The van der Waals surface area contributed by atoms with E-state index >= 15 is 0 Å². The van der Waals surface area contributed by atoms with Crippen LogP contribution in [0.15, 0.2) is 28.8 Å². The molecule has 1 atom stereocenters. The van der Waals surface area contributed by atoms with Crippen molar-refractivity contribution in [3.05, 3.63) is 63.8 Å². The van der Waals surface area contributed by atoms with Gasteiger partial charge in [-0.05, 0) is 58.7 Å². The zero-order chi connectivity index (χ0) is 21.1. The summed E-state index contributed by atoms with van der Waals surface area (Å²) >= 11 is 0. The van der Waals surface area contributed by atoms with E-state index in [1.807, 2.05) is 63.6 Å². The summed E-state index contributed by atoms with van der Waals surface area (Å²) < 4.78 is 13.2. The number of amides is 1. The first-order chi connectivity index (χ1) is 13.8. The van der Waals surface area contributed by atoms with Crippen molar-refractivity contribution < 1.29 is 14.1 Å². The predicted octanol–water partition coefficient (Wildman–Crippen LogP) is 3.81. The molecule has 0 aliphatic carbocycles. The Kier molecular flexibility index (Phi) is 6.06. The zero-order valence-electron chi connectivity index (χ0n) is 17.9. The molecular weight excluding hydrogens is 368 g/mol. The monoisotopic (exact) mass is 396 g/mol.